The Labute approximate surface area is 97.6 Å². The second kappa shape index (κ2) is 4.74. The molecule has 0 amide bonds. The van der Waals surface area contributed by atoms with Crippen molar-refractivity contribution < 1.29 is 14.3 Å². The molecule has 0 saturated carbocycles. The van der Waals surface area contributed by atoms with Gasteiger partial charge in [0.25, 0.3) is 0 Å². The van der Waals surface area contributed by atoms with Crippen LogP contribution in [0, 0.1) is 5.82 Å². The van der Waals surface area contributed by atoms with Crippen molar-refractivity contribution >= 4 is 5.97 Å². The fourth-order valence-electron chi connectivity index (χ4n) is 1.51. The van der Waals surface area contributed by atoms with Crippen LogP contribution < -0.4 is 0 Å². The SMILES string of the molecule is O=C(O)Cc1cccc(-c2ccc(F)cc2)n1. The van der Waals surface area contributed by atoms with Gasteiger partial charge in [0.2, 0.25) is 0 Å². The third-order valence-corrected chi connectivity index (χ3v) is 2.28. The molecule has 1 aromatic carbocycles. The van der Waals surface area contributed by atoms with Gasteiger partial charge in [-0.2, -0.15) is 0 Å². The number of nitrogens with zero attached hydrogens (tertiary/aromatic N) is 1. The summed E-state index contributed by atoms with van der Waals surface area (Å²) in [5.41, 5.74) is 1.89. The molecule has 0 atom stereocenters. The maximum Gasteiger partial charge on any atom is 0.309 e. The van der Waals surface area contributed by atoms with E-state index in [-0.39, 0.29) is 12.2 Å². The number of carboxylic acids is 1. The van der Waals surface area contributed by atoms with E-state index in [2.05, 4.69) is 4.98 Å². The topological polar surface area (TPSA) is 50.2 Å². The first-order valence-corrected chi connectivity index (χ1v) is 5.09. The van der Waals surface area contributed by atoms with Gasteiger partial charge >= 0.3 is 5.97 Å². The van der Waals surface area contributed by atoms with Crippen LogP contribution in [0.2, 0.25) is 0 Å². The summed E-state index contributed by atoms with van der Waals surface area (Å²) in [6, 6.07) is 11.1. The maximum atomic E-state index is 12.8. The van der Waals surface area contributed by atoms with Gasteiger partial charge in [-0.1, -0.05) is 6.07 Å². The number of pyridine rings is 1. The highest BCUT2D eigenvalue weighted by Gasteiger charge is 2.04. The van der Waals surface area contributed by atoms with Crippen LogP contribution in [0.5, 0.6) is 0 Å². The zero-order chi connectivity index (χ0) is 12.3. The lowest BCUT2D eigenvalue weighted by Gasteiger charge is -2.03. The van der Waals surface area contributed by atoms with Crippen LogP contribution in [0.25, 0.3) is 11.3 Å². The van der Waals surface area contributed by atoms with E-state index in [4.69, 9.17) is 5.11 Å². The average Bonchev–Trinajstić information content (AvgIpc) is 2.29. The number of benzene rings is 1. The first kappa shape index (κ1) is 11.3. The second-order valence-corrected chi connectivity index (χ2v) is 3.59. The Hall–Kier alpha value is -2.23. The van der Waals surface area contributed by atoms with E-state index in [0.29, 0.717) is 11.4 Å². The van der Waals surface area contributed by atoms with Crippen molar-refractivity contribution in [2.45, 2.75) is 6.42 Å². The smallest absolute Gasteiger partial charge is 0.309 e. The third kappa shape index (κ3) is 2.87. The highest BCUT2D eigenvalue weighted by Crippen LogP contribution is 2.17. The van der Waals surface area contributed by atoms with Crippen LogP contribution in [-0.4, -0.2) is 16.1 Å². The van der Waals surface area contributed by atoms with Crippen LogP contribution in [0.3, 0.4) is 0 Å². The molecule has 0 spiro atoms. The summed E-state index contributed by atoms with van der Waals surface area (Å²) < 4.78 is 12.8. The minimum Gasteiger partial charge on any atom is -0.481 e. The summed E-state index contributed by atoms with van der Waals surface area (Å²) in [6.07, 6.45) is -0.116. The van der Waals surface area contributed by atoms with Gasteiger partial charge in [0.15, 0.2) is 0 Å². The normalized spacial score (nSPS) is 10.2. The molecule has 4 heteroatoms. The molecule has 0 aliphatic carbocycles. The first-order chi connectivity index (χ1) is 8.15. The monoisotopic (exact) mass is 231 g/mol. The van der Waals surface area contributed by atoms with Crippen molar-refractivity contribution in [3.8, 4) is 11.3 Å². The number of hydrogen-bond donors (Lipinski definition) is 1. The quantitative estimate of drug-likeness (QED) is 0.883. The van der Waals surface area contributed by atoms with E-state index >= 15 is 0 Å². The molecule has 0 unspecified atom stereocenters. The molecule has 17 heavy (non-hydrogen) atoms. The molecule has 3 nitrogen and oxygen atoms in total. The Morgan fingerprint density at radius 3 is 2.53 bits per heavy atom. The predicted octanol–water partition coefficient (Wildman–Crippen LogP) is 2.51. The van der Waals surface area contributed by atoms with Gasteiger partial charge in [-0.3, -0.25) is 9.78 Å². The summed E-state index contributed by atoms with van der Waals surface area (Å²) in [6.45, 7) is 0. The van der Waals surface area contributed by atoms with Crippen molar-refractivity contribution in [1.29, 1.82) is 0 Å². The first-order valence-electron chi connectivity index (χ1n) is 5.09. The van der Waals surface area contributed by atoms with Crippen LogP contribution in [0.15, 0.2) is 42.5 Å². The molecule has 86 valence electrons. The number of aliphatic carboxylic acids is 1. The number of carbonyl (C=O) groups is 1. The highest BCUT2D eigenvalue weighted by atomic mass is 19.1. The molecule has 1 heterocycles. The van der Waals surface area contributed by atoms with Crippen LogP contribution >= 0.6 is 0 Å². The van der Waals surface area contributed by atoms with Gasteiger partial charge in [-0.15, -0.1) is 0 Å². The molecule has 1 aromatic heterocycles. The Balaban J connectivity index is 2.32. The summed E-state index contributed by atoms with van der Waals surface area (Å²) in [4.78, 5) is 14.8. The van der Waals surface area contributed by atoms with Crippen molar-refractivity contribution in [2.24, 2.45) is 0 Å². The van der Waals surface area contributed by atoms with E-state index in [1.165, 1.54) is 12.1 Å². The molecule has 2 aromatic rings. The summed E-state index contributed by atoms with van der Waals surface area (Å²) in [5.74, 6) is -1.23. The Bertz CT molecular complexity index is 537. The maximum absolute atomic E-state index is 12.8. The van der Waals surface area contributed by atoms with Gasteiger partial charge in [0.05, 0.1) is 17.8 Å². The average molecular weight is 231 g/mol. The minimum atomic E-state index is -0.922. The molecular formula is C13H10FNO2. The molecule has 0 aliphatic rings. The van der Waals surface area contributed by atoms with Gasteiger partial charge in [0, 0.05) is 5.56 Å². The zero-order valence-corrected chi connectivity index (χ0v) is 8.93. The Morgan fingerprint density at radius 2 is 1.88 bits per heavy atom. The largest absolute Gasteiger partial charge is 0.481 e. The molecule has 0 radical (unpaired) electrons. The number of halogens is 1. The lowest BCUT2D eigenvalue weighted by atomic mass is 10.1. The van der Waals surface area contributed by atoms with Gasteiger partial charge in [-0.05, 0) is 36.4 Å². The summed E-state index contributed by atoms with van der Waals surface area (Å²) >= 11 is 0. The van der Waals surface area contributed by atoms with Crippen LogP contribution in [0.4, 0.5) is 4.39 Å². The molecule has 0 fully saturated rings. The Morgan fingerprint density at radius 1 is 1.18 bits per heavy atom. The third-order valence-electron chi connectivity index (χ3n) is 2.28. The number of carboxylic acid groups (broad SMARTS) is 1. The van der Waals surface area contributed by atoms with Crippen LogP contribution in [-0.2, 0) is 11.2 Å². The van der Waals surface area contributed by atoms with E-state index in [1.54, 1.807) is 30.3 Å². The second-order valence-electron chi connectivity index (χ2n) is 3.59. The molecule has 2 rings (SSSR count). The van der Waals surface area contributed by atoms with Crippen molar-refractivity contribution in [3.63, 3.8) is 0 Å². The van der Waals surface area contributed by atoms with E-state index in [1.807, 2.05) is 0 Å². The van der Waals surface area contributed by atoms with Gasteiger partial charge < -0.3 is 5.11 Å². The number of hydrogen-bond acceptors (Lipinski definition) is 2. The fraction of sp³-hybridized carbons (Fsp3) is 0.0769. The number of aromatic nitrogens is 1. The van der Waals surface area contributed by atoms with Crippen molar-refractivity contribution in [2.75, 3.05) is 0 Å². The van der Waals surface area contributed by atoms with Gasteiger partial charge in [0.1, 0.15) is 5.82 Å². The van der Waals surface area contributed by atoms with Crippen molar-refractivity contribution in [3.05, 3.63) is 54.0 Å². The molecule has 0 bridgehead atoms. The predicted molar refractivity (Wildman–Crippen MR) is 61.0 cm³/mol. The standard InChI is InChI=1S/C13H10FNO2/c14-10-6-4-9(5-7-10)12-3-1-2-11(15-12)8-13(16)17/h1-7H,8H2,(H,16,17). The summed E-state index contributed by atoms with van der Waals surface area (Å²) in [7, 11) is 0. The lowest BCUT2D eigenvalue weighted by molar-refractivity contribution is -0.136. The Kier molecular flexibility index (Phi) is 3.14. The highest BCUT2D eigenvalue weighted by molar-refractivity contribution is 5.70. The van der Waals surface area contributed by atoms with E-state index in [9.17, 15) is 9.18 Å². The van der Waals surface area contributed by atoms with E-state index in [0.717, 1.165) is 5.56 Å². The molecule has 0 saturated heterocycles. The molecule has 1 N–H and O–H groups in total. The molecular weight excluding hydrogens is 221 g/mol. The zero-order valence-electron chi connectivity index (χ0n) is 8.93. The van der Waals surface area contributed by atoms with Gasteiger partial charge in [-0.25, -0.2) is 4.39 Å². The van der Waals surface area contributed by atoms with Crippen molar-refractivity contribution in [1.82, 2.24) is 4.98 Å². The number of rotatable bonds is 3. The van der Waals surface area contributed by atoms with E-state index < -0.39 is 5.97 Å². The minimum absolute atomic E-state index is 0.116. The molecule has 0 aliphatic heterocycles. The van der Waals surface area contributed by atoms with Crippen LogP contribution in [0.1, 0.15) is 5.69 Å². The fourth-order valence-corrected chi connectivity index (χ4v) is 1.51. The lowest BCUT2D eigenvalue weighted by Crippen LogP contribution is -2.02. The summed E-state index contributed by atoms with van der Waals surface area (Å²) in [5, 5.41) is 8.68.